The Kier molecular flexibility index (Phi) is 6.05. The Labute approximate surface area is 200 Å². The highest BCUT2D eigenvalue weighted by molar-refractivity contribution is 6.33. The number of nitrogens with zero attached hydrogens (tertiary/aromatic N) is 2. The molecular formula is C25H21ClN4O4. The molecule has 4 aromatic rings. The first kappa shape index (κ1) is 21.8. The molecule has 0 aliphatic carbocycles. The molecule has 5 rings (SSSR count). The summed E-state index contributed by atoms with van der Waals surface area (Å²) in [5, 5.41) is 6.11. The zero-order valence-corrected chi connectivity index (χ0v) is 18.8. The SMILES string of the molecule is O=C(Cn1c(CNC(=O)c2ccccc2Cl)nc2ccccc21)Nc1ccc2c(c1)OCCO2. The monoisotopic (exact) mass is 476 g/mol. The van der Waals surface area contributed by atoms with E-state index in [0.717, 1.165) is 11.0 Å². The Bertz CT molecular complexity index is 1380. The van der Waals surface area contributed by atoms with Gasteiger partial charge < -0.3 is 24.7 Å². The van der Waals surface area contributed by atoms with Crippen LogP contribution in [0.1, 0.15) is 16.2 Å². The molecule has 0 atom stereocenters. The lowest BCUT2D eigenvalue weighted by Gasteiger charge is -2.19. The molecule has 0 radical (unpaired) electrons. The van der Waals surface area contributed by atoms with Gasteiger partial charge in [0.2, 0.25) is 5.91 Å². The number of hydrogen-bond donors (Lipinski definition) is 2. The van der Waals surface area contributed by atoms with Crippen molar-refractivity contribution >= 4 is 40.1 Å². The van der Waals surface area contributed by atoms with E-state index >= 15 is 0 Å². The number of carbonyl (C=O) groups is 2. The van der Waals surface area contributed by atoms with Crippen LogP contribution in [0.3, 0.4) is 0 Å². The van der Waals surface area contributed by atoms with E-state index in [1.165, 1.54) is 0 Å². The Morgan fingerprint density at radius 1 is 0.971 bits per heavy atom. The number of fused-ring (bicyclic) bond motifs is 2. The maximum Gasteiger partial charge on any atom is 0.253 e. The van der Waals surface area contributed by atoms with Crippen molar-refractivity contribution in [2.24, 2.45) is 0 Å². The third-order valence-electron chi connectivity index (χ3n) is 5.39. The summed E-state index contributed by atoms with van der Waals surface area (Å²) < 4.78 is 12.9. The summed E-state index contributed by atoms with van der Waals surface area (Å²) in [4.78, 5) is 30.1. The van der Waals surface area contributed by atoms with Crippen molar-refractivity contribution < 1.29 is 19.1 Å². The minimum absolute atomic E-state index is 0.0201. The predicted molar refractivity (Wildman–Crippen MR) is 128 cm³/mol. The molecule has 1 aromatic heterocycles. The molecule has 172 valence electrons. The van der Waals surface area contributed by atoms with Crippen molar-refractivity contribution in [2.75, 3.05) is 18.5 Å². The van der Waals surface area contributed by atoms with Gasteiger partial charge >= 0.3 is 0 Å². The lowest BCUT2D eigenvalue weighted by atomic mass is 10.2. The topological polar surface area (TPSA) is 94.5 Å². The zero-order valence-electron chi connectivity index (χ0n) is 18.1. The molecule has 2 amide bonds. The Balaban J connectivity index is 1.34. The largest absolute Gasteiger partial charge is 0.486 e. The number of rotatable bonds is 6. The van der Waals surface area contributed by atoms with Gasteiger partial charge in [-0.15, -0.1) is 0 Å². The molecule has 9 heteroatoms. The summed E-state index contributed by atoms with van der Waals surface area (Å²) in [6.45, 7) is 1.12. The smallest absolute Gasteiger partial charge is 0.253 e. The van der Waals surface area contributed by atoms with Crippen LogP contribution in [0.2, 0.25) is 5.02 Å². The standard InChI is InChI=1S/C25H21ClN4O4/c26-18-6-2-1-5-17(18)25(32)27-14-23-29-19-7-3-4-8-20(19)30(23)15-24(31)28-16-9-10-21-22(13-16)34-12-11-33-21/h1-10,13H,11-12,14-15H2,(H,27,32)(H,28,31). The van der Waals surface area contributed by atoms with Gasteiger partial charge in [0.1, 0.15) is 25.6 Å². The number of halogens is 1. The van der Waals surface area contributed by atoms with Crippen molar-refractivity contribution in [3.63, 3.8) is 0 Å². The quantitative estimate of drug-likeness (QED) is 0.438. The first-order valence-electron chi connectivity index (χ1n) is 10.7. The minimum Gasteiger partial charge on any atom is -0.486 e. The Morgan fingerprint density at radius 2 is 1.74 bits per heavy atom. The van der Waals surface area contributed by atoms with Gasteiger partial charge in [0.05, 0.1) is 28.2 Å². The van der Waals surface area contributed by atoms with E-state index in [1.54, 1.807) is 47.0 Å². The van der Waals surface area contributed by atoms with Crippen LogP contribution >= 0.6 is 11.6 Å². The molecule has 2 N–H and O–H groups in total. The molecule has 3 aromatic carbocycles. The van der Waals surface area contributed by atoms with Gasteiger partial charge in [0, 0.05) is 11.8 Å². The van der Waals surface area contributed by atoms with Crippen molar-refractivity contribution in [3.8, 4) is 11.5 Å². The average Bonchev–Trinajstić information content (AvgIpc) is 3.20. The zero-order chi connectivity index (χ0) is 23.5. The molecule has 8 nitrogen and oxygen atoms in total. The molecule has 1 aliphatic heterocycles. The van der Waals surface area contributed by atoms with Crippen molar-refractivity contribution in [1.82, 2.24) is 14.9 Å². The summed E-state index contributed by atoms with van der Waals surface area (Å²) in [5.41, 5.74) is 2.51. The van der Waals surface area contributed by atoms with Crippen molar-refractivity contribution in [2.45, 2.75) is 13.1 Å². The normalized spacial score (nSPS) is 12.4. The first-order valence-corrected chi connectivity index (χ1v) is 11.1. The summed E-state index contributed by atoms with van der Waals surface area (Å²) in [6, 6.07) is 19.6. The number of benzene rings is 3. The van der Waals surface area contributed by atoms with Gasteiger partial charge in [-0.1, -0.05) is 35.9 Å². The van der Waals surface area contributed by atoms with E-state index in [-0.39, 0.29) is 24.9 Å². The third-order valence-corrected chi connectivity index (χ3v) is 5.72. The fourth-order valence-corrected chi connectivity index (χ4v) is 4.02. The number of para-hydroxylation sites is 2. The third kappa shape index (κ3) is 4.53. The number of nitrogens with one attached hydrogen (secondary N) is 2. The minimum atomic E-state index is -0.315. The second kappa shape index (κ2) is 9.44. The van der Waals surface area contributed by atoms with Gasteiger partial charge in [-0.2, -0.15) is 0 Å². The molecule has 1 aliphatic rings. The van der Waals surface area contributed by atoms with Crippen LogP contribution in [0.15, 0.2) is 66.7 Å². The molecule has 0 saturated carbocycles. The lowest BCUT2D eigenvalue weighted by molar-refractivity contribution is -0.116. The van der Waals surface area contributed by atoms with Crippen LogP contribution in [0.4, 0.5) is 5.69 Å². The number of aromatic nitrogens is 2. The predicted octanol–water partition coefficient (Wildman–Crippen LogP) is 4.03. The molecule has 0 bridgehead atoms. The molecule has 0 fully saturated rings. The summed E-state index contributed by atoms with van der Waals surface area (Å²) in [6.07, 6.45) is 0. The average molecular weight is 477 g/mol. The highest BCUT2D eigenvalue weighted by Gasteiger charge is 2.17. The molecule has 0 saturated heterocycles. The summed E-state index contributed by atoms with van der Waals surface area (Å²) >= 11 is 6.14. The van der Waals surface area contributed by atoms with Crippen LogP contribution in [-0.4, -0.2) is 34.6 Å². The highest BCUT2D eigenvalue weighted by atomic mass is 35.5. The van der Waals surface area contributed by atoms with Crippen LogP contribution in [0.25, 0.3) is 11.0 Å². The van der Waals surface area contributed by atoms with E-state index in [9.17, 15) is 9.59 Å². The van der Waals surface area contributed by atoms with Gasteiger partial charge in [0.15, 0.2) is 11.5 Å². The van der Waals surface area contributed by atoms with Crippen LogP contribution < -0.4 is 20.1 Å². The molecule has 34 heavy (non-hydrogen) atoms. The van der Waals surface area contributed by atoms with Crippen molar-refractivity contribution in [3.05, 3.63) is 83.1 Å². The van der Waals surface area contributed by atoms with E-state index in [2.05, 4.69) is 15.6 Å². The number of hydrogen-bond acceptors (Lipinski definition) is 5. The fraction of sp³-hybridized carbons (Fsp3) is 0.160. The van der Waals surface area contributed by atoms with Crippen molar-refractivity contribution in [1.29, 1.82) is 0 Å². The van der Waals surface area contributed by atoms with Crippen LogP contribution in [0.5, 0.6) is 11.5 Å². The Hall–Kier alpha value is -4.04. The fourth-order valence-electron chi connectivity index (χ4n) is 3.80. The molecule has 2 heterocycles. The van der Waals surface area contributed by atoms with Gasteiger partial charge in [0.25, 0.3) is 5.91 Å². The van der Waals surface area contributed by atoms with E-state index in [1.807, 2.05) is 24.3 Å². The van der Waals surface area contributed by atoms with E-state index in [0.29, 0.717) is 46.8 Å². The first-order chi connectivity index (χ1) is 16.6. The van der Waals surface area contributed by atoms with Crippen LogP contribution in [-0.2, 0) is 17.9 Å². The van der Waals surface area contributed by atoms with E-state index < -0.39 is 0 Å². The lowest BCUT2D eigenvalue weighted by Crippen LogP contribution is -2.27. The second-order valence-electron chi connectivity index (χ2n) is 7.67. The maximum atomic E-state index is 12.9. The van der Waals surface area contributed by atoms with Gasteiger partial charge in [-0.25, -0.2) is 4.98 Å². The van der Waals surface area contributed by atoms with Crippen LogP contribution in [0, 0.1) is 0 Å². The summed E-state index contributed by atoms with van der Waals surface area (Å²) in [5.74, 6) is 1.25. The van der Waals surface area contributed by atoms with Gasteiger partial charge in [-0.05, 0) is 36.4 Å². The van der Waals surface area contributed by atoms with E-state index in [4.69, 9.17) is 21.1 Å². The highest BCUT2D eigenvalue weighted by Crippen LogP contribution is 2.32. The van der Waals surface area contributed by atoms with Gasteiger partial charge in [-0.3, -0.25) is 9.59 Å². The number of carbonyl (C=O) groups excluding carboxylic acids is 2. The molecule has 0 unspecified atom stereocenters. The second-order valence-corrected chi connectivity index (χ2v) is 8.08. The molecular weight excluding hydrogens is 456 g/mol. The Morgan fingerprint density at radius 3 is 2.59 bits per heavy atom. The number of anilines is 1. The molecule has 0 spiro atoms. The number of amides is 2. The number of imidazole rings is 1. The maximum absolute atomic E-state index is 12.9. The number of ether oxygens (including phenoxy) is 2. The summed E-state index contributed by atoms with van der Waals surface area (Å²) in [7, 11) is 0.